The summed E-state index contributed by atoms with van der Waals surface area (Å²) in [5.41, 5.74) is 0.864. The maximum atomic E-state index is 11.7. The van der Waals surface area contributed by atoms with Crippen molar-refractivity contribution in [3.8, 4) is 0 Å². The second kappa shape index (κ2) is 7.11. The normalized spacial score (nSPS) is 11.2. The number of halogens is 1. The quantitative estimate of drug-likeness (QED) is 0.362. The molecule has 1 aromatic carbocycles. The highest BCUT2D eigenvalue weighted by atomic mass is 79.9. The summed E-state index contributed by atoms with van der Waals surface area (Å²) in [4.78, 5) is 23.1. The fourth-order valence-electron chi connectivity index (χ4n) is 1.30. The molecule has 0 heterocycles. The van der Waals surface area contributed by atoms with Crippen LogP contribution in [0.4, 0.5) is 0 Å². The van der Waals surface area contributed by atoms with E-state index in [9.17, 15) is 9.59 Å². The van der Waals surface area contributed by atoms with Crippen LogP contribution in [0.1, 0.15) is 25.8 Å². The molecule has 0 radical (unpaired) electrons. The Labute approximate surface area is 115 Å². The maximum Gasteiger partial charge on any atom is 0.341 e. The third kappa shape index (κ3) is 4.45. The number of ketones is 1. The summed E-state index contributed by atoms with van der Waals surface area (Å²) >= 11 is 3.32. The van der Waals surface area contributed by atoms with Crippen molar-refractivity contribution in [2.24, 2.45) is 0 Å². The van der Waals surface area contributed by atoms with Gasteiger partial charge < -0.3 is 4.74 Å². The summed E-state index contributed by atoms with van der Waals surface area (Å²) in [7, 11) is 0. The van der Waals surface area contributed by atoms with Crippen molar-refractivity contribution < 1.29 is 14.3 Å². The molecule has 0 saturated carbocycles. The minimum absolute atomic E-state index is 0.0748. The van der Waals surface area contributed by atoms with Gasteiger partial charge in [-0.05, 0) is 37.1 Å². The van der Waals surface area contributed by atoms with Gasteiger partial charge in [-0.15, -0.1) is 0 Å². The SMILES string of the molecule is CCCOC(=O)C(=Cc1ccc(Br)cc1)C(C)=O. The number of ether oxygens (including phenoxy) is 1. The minimum Gasteiger partial charge on any atom is -0.462 e. The average Bonchev–Trinajstić information content (AvgIpc) is 2.34. The van der Waals surface area contributed by atoms with Gasteiger partial charge in [0.1, 0.15) is 5.57 Å². The Morgan fingerprint density at radius 2 is 1.89 bits per heavy atom. The molecule has 3 nitrogen and oxygen atoms in total. The number of carbonyl (C=O) groups is 2. The summed E-state index contributed by atoms with van der Waals surface area (Å²) in [6.07, 6.45) is 2.28. The van der Waals surface area contributed by atoms with Crippen LogP contribution < -0.4 is 0 Å². The highest BCUT2D eigenvalue weighted by Gasteiger charge is 2.15. The first-order valence-electron chi connectivity index (χ1n) is 5.70. The topological polar surface area (TPSA) is 43.4 Å². The molecule has 0 aliphatic carbocycles. The molecular formula is C14H15BrO3. The zero-order valence-corrected chi connectivity index (χ0v) is 12.0. The van der Waals surface area contributed by atoms with Crippen LogP contribution in [0.5, 0.6) is 0 Å². The lowest BCUT2D eigenvalue weighted by atomic mass is 10.1. The van der Waals surface area contributed by atoms with E-state index in [1.165, 1.54) is 6.92 Å². The molecule has 0 spiro atoms. The summed E-state index contributed by atoms with van der Waals surface area (Å²) in [5.74, 6) is -0.855. The molecule has 1 rings (SSSR count). The molecule has 1 aromatic rings. The standard InChI is InChI=1S/C14H15BrO3/c1-3-8-18-14(17)13(10(2)16)9-11-4-6-12(15)7-5-11/h4-7,9H,3,8H2,1-2H3. The van der Waals surface area contributed by atoms with Crippen molar-refractivity contribution in [2.45, 2.75) is 20.3 Å². The Morgan fingerprint density at radius 1 is 1.28 bits per heavy atom. The Kier molecular flexibility index (Phi) is 5.78. The zero-order valence-electron chi connectivity index (χ0n) is 10.4. The fraction of sp³-hybridized carbons (Fsp3) is 0.286. The molecule has 0 saturated heterocycles. The van der Waals surface area contributed by atoms with Crippen LogP contribution >= 0.6 is 15.9 Å². The number of carbonyl (C=O) groups excluding carboxylic acids is 2. The van der Waals surface area contributed by atoms with Crippen LogP contribution in [-0.4, -0.2) is 18.4 Å². The van der Waals surface area contributed by atoms with E-state index in [2.05, 4.69) is 15.9 Å². The van der Waals surface area contributed by atoms with Crippen LogP contribution in [0.2, 0.25) is 0 Å². The van der Waals surface area contributed by atoms with E-state index in [1.807, 2.05) is 31.2 Å². The van der Waals surface area contributed by atoms with Crippen molar-refractivity contribution in [3.63, 3.8) is 0 Å². The van der Waals surface area contributed by atoms with Crippen LogP contribution in [0.15, 0.2) is 34.3 Å². The lowest BCUT2D eigenvalue weighted by molar-refractivity contribution is -0.140. The van der Waals surface area contributed by atoms with Crippen molar-refractivity contribution in [2.75, 3.05) is 6.61 Å². The lowest BCUT2D eigenvalue weighted by Crippen LogP contribution is -2.14. The third-order valence-corrected chi connectivity index (χ3v) is 2.75. The Hall–Kier alpha value is -1.42. The highest BCUT2D eigenvalue weighted by Crippen LogP contribution is 2.14. The Bertz CT molecular complexity index is 460. The van der Waals surface area contributed by atoms with Gasteiger partial charge in [0.2, 0.25) is 0 Å². The highest BCUT2D eigenvalue weighted by molar-refractivity contribution is 9.10. The monoisotopic (exact) mass is 310 g/mol. The molecule has 0 aromatic heterocycles. The maximum absolute atomic E-state index is 11.7. The number of esters is 1. The molecule has 4 heteroatoms. The second-order valence-electron chi connectivity index (χ2n) is 3.80. The van der Waals surface area contributed by atoms with Crippen LogP contribution in [0.3, 0.4) is 0 Å². The van der Waals surface area contributed by atoms with Crippen molar-refractivity contribution in [1.29, 1.82) is 0 Å². The molecule has 0 aliphatic rings. The molecule has 0 amide bonds. The predicted octanol–water partition coefficient (Wildman–Crippen LogP) is 3.37. The van der Waals surface area contributed by atoms with Gasteiger partial charge in [-0.25, -0.2) is 4.79 Å². The molecule has 96 valence electrons. The first kappa shape index (κ1) is 14.6. The van der Waals surface area contributed by atoms with Gasteiger partial charge in [-0.2, -0.15) is 0 Å². The lowest BCUT2D eigenvalue weighted by Gasteiger charge is -2.04. The molecule has 0 atom stereocenters. The van der Waals surface area contributed by atoms with Gasteiger partial charge in [0.15, 0.2) is 5.78 Å². The zero-order chi connectivity index (χ0) is 13.5. The fourth-order valence-corrected chi connectivity index (χ4v) is 1.57. The largest absolute Gasteiger partial charge is 0.462 e. The van der Waals surface area contributed by atoms with Gasteiger partial charge in [-0.1, -0.05) is 35.0 Å². The number of hydrogen-bond acceptors (Lipinski definition) is 3. The first-order chi connectivity index (χ1) is 8.54. The van der Waals surface area contributed by atoms with Crippen molar-refractivity contribution in [1.82, 2.24) is 0 Å². The van der Waals surface area contributed by atoms with Gasteiger partial charge in [0.25, 0.3) is 0 Å². The summed E-state index contributed by atoms with van der Waals surface area (Å²) < 4.78 is 5.92. The Morgan fingerprint density at radius 3 is 2.39 bits per heavy atom. The summed E-state index contributed by atoms with van der Waals surface area (Å²) in [6, 6.07) is 7.34. The molecule has 18 heavy (non-hydrogen) atoms. The van der Waals surface area contributed by atoms with E-state index in [0.717, 1.165) is 16.5 Å². The van der Waals surface area contributed by atoms with Crippen LogP contribution in [0.25, 0.3) is 6.08 Å². The average molecular weight is 311 g/mol. The Balaban J connectivity index is 2.94. The number of rotatable bonds is 5. The van der Waals surface area contributed by atoms with E-state index < -0.39 is 5.97 Å². The van der Waals surface area contributed by atoms with E-state index in [-0.39, 0.29) is 11.4 Å². The van der Waals surface area contributed by atoms with Crippen molar-refractivity contribution >= 4 is 33.8 Å². The van der Waals surface area contributed by atoms with Crippen molar-refractivity contribution in [3.05, 3.63) is 39.9 Å². The van der Waals surface area contributed by atoms with Gasteiger partial charge in [-0.3, -0.25) is 4.79 Å². The molecule has 0 bridgehead atoms. The van der Waals surface area contributed by atoms with Gasteiger partial charge in [0, 0.05) is 4.47 Å². The van der Waals surface area contributed by atoms with E-state index in [0.29, 0.717) is 6.61 Å². The molecule has 0 unspecified atom stereocenters. The van der Waals surface area contributed by atoms with Gasteiger partial charge in [0.05, 0.1) is 6.61 Å². The predicted molar refractivity (Wildman–Crippen MR) is 74.1 cm³/mol. The molecule has 0 fully saturated rings. The summed E-state index contributed by atoms with van der Waals surface area (Å²) in [5, 5.41) is 0. The number of benzene rings is 1. The van der Waals surface area contributed by atoms with E-state index >= 15 is 0 Å². The van der Waals surface area contributed by atoms with Gasteiger partial charge >= 0.3 is 5.97 Å². The number of Topliss-reactive ketones (excluding diaryl/α,β-unsaturated/α-hetero) is 1. The smallest absolute Gasteiger partial charge is 0.341 e. The van der Waals surface area contributed by atoms with Crippen LogP contribution in [-0.2, 0) is 14.3 Å². The molecule has 0 N–H and O–H groups in total. The van der Waals surface area contributed by atoms with Crippen LogP contribution in [0, 0.1) is 0 Å². The molecular weight excluding hydrogens is 296 g/mol. The van der Waals surface area contributed by atoms with E-state index in [1.54, 1.807) is 6.08 Å². The molecule has 0 aliphatic heterocycles. The summed E-state index contributed by atoms with van der Waals surface area (Å²) in [6.45, 7) is 3.58. The van der Waals surface area contributed by atoms with E-state index in [4.69, 9.17) is 4.74 Å². The number of hydrogen-bond donors (Lipinski definition) is 0. The first-order valence-corrected chi connectivity index (χ1v) is 6.49. The second-order valence-corrected chi connectivity index (χ2v) is 4.72. The minimum atomic E-state index is -0.563. The third-order valence-electron chi connectivity index (χ3n) is 2.22.